The third-order valence-electron chi connectivity index (χ3n) is 5.69. The zero-order valence-electron chi connectivity index (χ0n) is 18.7. The van der Waals surface area contributed by atoms with Gasteiger partial charge in [0.2, 0.25) is 5.84 Å². The summed E-state index contributed by atoms with van der Waals surface area (Å²) in [5.74, 6) is -0.104. The number of allylic oxidation sites excluding steroid dienone is 3. The molecule has 1 aromatic rings. The summed E-state index contributed by atoms with van der Waals surface area (Å²) in [6, 6.07) is 9.71. The number of likely N-dealkylation sites (N-methyl/N-ethyl adjacent to an activating group) is 1. The van der Waals surface area contributed by atoms with Gasteiger partial charge in [0.1, 0.15) is 25.0 Å². The standard InChI is InChI=1S/C23H32N6O2/c1-17(23(31)28-14-12-27(3)13-15-28)10-11-18(2)25-22-20(21(24)30)16-29(4,26-22)19-8-6-5-7-9-19/h5-11,16,23,31H,12-15H2,1-4H3,(H2-,24,25,26,30)/p+1. The van der Waals surface area contributed by atoms with Crippen LogP contribution in [0.2, 0.25) is 0 Å². The molecule has 8 heteroatoms. The van der Waals surface area contributed by atoms with Crippen molar-refractivity contribution >= 4 is 17.4 Å². The molecule has 2 unspecified atom stereocenters. The highest BCUT2D eigenvalue weighted by molar-refractivity contribution is 6.21. The Hall–Kier alpha value is -2.78. The van der Waals surface area contributed by atoms with Crippen molar-refractivity contribution in [2.24, 2.45) is 10.8 Å². The monoisotopic (exact) mass is 425 g/mol. The van der Waals surface area contributed by atoms with E-state index < -0.39 is 12.1 Å². The second kappa shape index (κ2) is 9.57. The van der Waals surface area contributed by atoms with Crippen LogP contribution in [-0.4, -0.2) is 73.2 Å². The van der Waals surface area contributed by atoms with Crippen molar-refractivity contribution in [2.75, 3.05) is 40.3 Å². The minimum atomic E-state index is -0.610. The highest BCUT2D eigenvalue weighted by atomic mass is 16.3. The van der Waals surface area contributed by atoms with Gasteiger partial charge in [0.15, 0.2) is 5.69 Å². The van der Waals surface area contributed by atoms with E-state index in [1.165, 1.54) is 0 Å². The smallest absolute Gasteiger partial charge is 0.258 e. The first-order valence-electron chi connectivity index (χ1n) is 10.5. The van der Waals surface area contributed by atoms with Crippen LogP contribution in [-0.2, 0) is 4.79 Å². The van der Waals surface area contributed by atoms with Gasteiger partial charge >= 0.3 is 0 Å². The predicted molar refractivity (Wildman–Crippen MR) is 125 cm³/mol. The first-order chi connectivity index (χ1) is 14.7. The van der Waals surface area contributed by atoms with Crippen molar-refractivity contribution in [3.8, 4) is 0 Å². The fourth-order valence-electron chi connectivity index (χ4n) is 3.66. The zero-order chi connectivity index (χ0) is 22.6. The molecule has 1 aromatic carbocycles. The summed E-state index contributed by atoms with van der Waals surface area (Å²) in [6.45, 7) is 7.37. The highest BCUT2D eigenvalue weighted by Crippen LogP contribution is 2.28. The molecule has 0 aliphatic carbocycles. The normalized spacial score (nSPS) is 24.5. The summed E-state index contributed by atoms with van der Waals surface area (Å²) in [4.78, 5) is 16.3. The Morgan fingerprint density at radius 1 is 1.19 bits per heavy atom. The lowest BCUT2D eigenvalue weighted by Crippen LogP contribution is -2.49. The van der Waals surface area contributed by atoms with Gasteiger partial charge in [0, 0.05) is 44.0 Å². The van der Waals surface area contributed by atoms with Crippen LogP contribution < -0.4 is 15.6 Å². The van der Waals surface area contributed by atoms with E-state index in [-0.39, 0.29) is 4.59 Å². The summed E-state index contributed by atoms with van der Waals surface area (Å²) in [7, 11) is 3.98. The second-order valence-corrected chi connectivity index (χ2v) is 8.32. The number of rotatable bonds is 6. The maximum atomic E-state index is 12.0. The second-order valence-electron chi connectivity index (χ2n) is 8.32. The molecule has 0 aromatic heterocycles. The minimum Gasteiger partial charge on any atom is -0.374 e. The molecular formula is C23H33N6O2+. The van der Waals surface area contributed by atoms with Gasteiger partial charge in [-0.3, -0.25) is 9.69 Å². The molecule has 2 aliphatic rings. The molecule has 0 spiro atoms. The Morgan fingerprint density at radius 3 is 2.45 bits per heavy atom. The molecule has 2 atom stereocenters. The van der Waals surface area contributed by atoms with E-state index in [1.807, 2.05) is 63.4 Å². The number of aliphatic hydroxyl groups is 1. The van der Waals surface area contributed by atoms with Gasteiger partial charge in [-0.2, -0.15) is 0 Å². The summed E-state index contributed by atoms with van der Waals surface area (Å²) in [6.07, 6.45) is 4.90. The van der Waals surface area contributed by atoms with Crippen LogP contribution in [0.15, 0.2) is 70.6 Å². The number of quaternary nitrogens is 1. The van der Waals surface area contributed by atoms with Crippen molar-refractivity contribution in [1.29, 1.82) is 0 Å². The molecule has 4 N–H and O–H groups in total. The van der Waals surface area contributed by atoms with Crippen molar-refractivity contribution < 1.29 is 9.90 Å². The molecule has 2 aliphatic heterocycles. The van der Waals surface area contributed by atoms with Crippen molar-refractivity contribution in [3.63, 3.8) is 0 Å². The van der Waals surface area contributed by atoms with E-state index in [0.29, 0.717) is 11.4 Å². The number of piperazine rings is 1. The average molecular weight is 426 g/mol. The number of benzene rings is 1. The molecule has 1 saturated heterocycles. The first kappa shape index (κ1) is 22.9. The maximum Gasteiger partial charge on any atom is 0.258 e. The fraction of sp³-hybridized carbons (Fsp3) is 0.391. The molecular weight excluding hydrogens is 392 g/mol. The molecule has 31 heavy (non-hydrogen) atoms. The Labute approximate surface area is 184 Å². The lowest BCUT2D eigenvalue weighted by atomic mass is 10.2. The number of carbonyl (C=O) groups is 1. The number of para-hydroxylation sites is 1. The van der Waals surface area contributed by atoms with Crippen LogP contribution in [0.1, 0.15) is 13.8 Å². The molecule has 0 saturated carbocycles. The van der Waals surface area contributed by atoms with Crippen LogP contribution in [0.4, 0.5) is 5.69 Å². The Bertz CT molecular complexity index is 929. The molecule has 0 bridgehead atoms. The quantitative estimate of drug-likeness (QED) is 0.472. The maximum absolute atomic E-state index is 12.0. The number of hydrogen-bond acceptors (Lipinski definition) is 6. The van der Waals surface area contributed by atoms with Crippen LogP contribution in [0.3, 0.4) is 0 Å². The van der Waals surface area contributed by atoms with Gasteiger partial charge in [0.25, 0.3) is 5.91 Å². The summed E-state index contributed by atoms with van der Waals surface area (Å²) >= 11 is 0. The number of hydrogen-bond donors (Lipinski definition) is 3. The molecule has 0 radical (unpaired) electrons. The van der Waals surface area contributed by atoms with Crippen molar-refractivity contribution in [3.05, 3.63) is 65.5 Å². The third kappa shape index (κ3) is 5.48. The number of aliphatic hydroxyl groups excluding tert-OH is 1. The van der Waals surface area contributed by atoms with Crippen LogP contribution in [0, 0.1) is 0 Å². The Kier molecular flexibility index (Phi) is 7.07. The van der Waals surface area contributed by atoms with Gasteiger partial charge in [-0.05, 0) is 32.5 Å². The summed E-state index contributed by atoms with van der Waals surface area (Å²) < 4.78 is 0.103. The molecule has 3 rings (SSSR count). The van der Waals surface area contributed by atoms with E-state index in [2.05, 4.69) is 22.2 Å². The number of primary amides is 1. The number of nitrogens with two attached hydrogens (primary N) is 1. The lowest BCUT2D eigenvalue weighted by Gasteiger charge is -2.35. The average Bonchev–Trinajstić information content (AvgIpc) is 3.10. The van der Waals surface area contributed by atoms with Gasteiger partial charge in [-0.1, -0.05) is 29.4 Å². The number of amides is 1. The largest absolute Gasteiger partial charge is 0.374 e. The zero-order valence-corrected chi connectivity index (χ0v) is 18.7. The Morgan fingerprint density at radius 2 is 1.84 bits per heavy atom. The molecule has 2 heterocycles. The number of nitrogens with one attached hydrogen (secondary N) is 1. The number of carbonyl (C=O) groups excluding carboxylic acids is 1. The van der Waals surface area contributed by atoms with E-state index in [4.69, 9.17) is 10.8 Å². The van der Waals surface area contributed by atoms with Gasteiger partial charge in [-0.15, -0.1) is 4.59 Å². The van der Waals surface area contributed by atoms with Crippen LogP contribution >= 0.6 is 0 Å². The lowest BCUT2D eigenvalue weighted by molar-refractivity contribution is -0.114. The fourth-order valence-corrected chi connectivity index (χ4v) is 3.66. The molecule has 1 fully saturated rings. The van der Waals surface area contributed by atoms with E-state index in [1.54, 1.807) is 6.20 Å². The van der Waals surface area contributed by atoms with E-state index >= 15 is 0 Å². The van der Waals surface area contributed by atoms with Crippen LogP contribution in [0.25, 0.3) is 0 Å². The Balaban J connectivity index is 1.73. The summed E-state index contributed by atoms with van der Waals surface area (Å²) in [5.41, 5.74) is 8.52. The SMILES string of the molecule is CC(=CC=C(C)C(O)N1CCN(C)CC1)NC1=N[N+](C)(c2ccccc2)C=C1C(N)=O. The molecule has 8 nitrogen and oxygen atoms in total. The van der Waals surface area contributed by atoms with E-state index in [9.17, 15) is 9.90 Å². The van der Waals surface area contributed by atoms with E-state index in [0.717, 1.165) is 43.1 Å². The molecule has 1 amide bonds. The third-order valence-corrected chi connectivity index (χ3v) is 5.69. The van der Waals surface area contributed by atoms with Gasteiger partial charge < -0.3 is 21.1 Å². The number of nitrogens with zero attached hydrogens (tertiary/aromatic N) is 4. The van der Waals surface area contributed by atoms with Crippen molar-refractivity contribution in [2.45, 2.75) is 20.1 Å². The van der Waals surface area contributed by atoms with Gasteiger partial charge in [-0.25, -0.2) is 0 Å². The topological polar surface area (TPSA) is 94.2 Å². The highest BCUT2D eigenvalue weighted by Gasteiger charge is 2.35. The first-order valence-corrected chi connectivity index (χ1v) is 10.5. The molecule has 166 valence electrons. The predicted octanol–water partition coefficient (Wildman–Crippen LogP) is 1.33. The minimum absolute atomic E-state index is 0.103. The van der Waals surface area contributed by atoms with Crippen LogP contribution in [0.5, 0.6) is 0 Å². The van der Waals surface area contributed by atoms with Gasteiger partial charge in [0.05, 0.1) is 0 Å². The van der Waals surface area contributed by atoms with Crippen molar-refractivity contribution in [1.82, 2.24) is 19.7 Å². The summed E-state index contributed by atoms with van der Waals surface area (Å²) in [5, 5.41) is 18.5. The number of amidine groups is 1.